The number of hydrogen-bond donors (Lipinski definition) is 0. The van der Waals surface area contributed by atoms with E-state index >= 15 is 0 Å². The number of thiophene rings is 1. The molecule has 22 heavy (non-hydrogen) atoms. The molecule has 0 aliphatic heterocycles. The number of aromatic nitrogens is 2. The molecule has 3 heterocycles. The van der Waals surface area contributed by atoms with Crippen LogP contribution in [0.4, 0.5) is 0 Å². The third kappa shape index (κ3) is 2.34. The van der Waals surface area contributed by atoms with E-state index in [9.17, 15) is 0 Å². The van der Waals surface area contributed by atoms with Crippen molar-refractivity contribution in [2.24, 2.45) is 0 Å². The Hall–Kier alpha value is -2.04. The van der Waals surface area contributed by atoms with E-state index in [2.05, 4.69) is 47.1 Å². The molecule has 4 aromatic rings. The quantitative estimate of drug-likeness (QED) is 0.506. The minimum atomic E-state index is 0.690. The summed E-state index contributed by atoms with van der Waals surface area (Å²) in [7, 11) is 0. The van der Waals surface area contributed by atoms with Crippen LogP contribution in [0.1, 0.15) is 11.3 Å². The Kier molecular flexibility index (Phi) is 3.28. The van der Waals surface area contributed by atoms with Gasteiger partial charge in [0.1, 0.15) is 5.69 Å². The molecule has 1 aromatic carbocycles. The molecule has 4 rings (SSSR count). The number of rotatable bonds is 3. The molecule has 3 nitrogen and oxygen atoms in total. The summed E-state index contributed by atoms with van der Waals surface area (Å²) >= 11 is 7.46. The van der Waals surface area contributed by atoms with E-state index in [-0.39, 0.29) is 0 Å². The van der Waals surface area contributed by atoms with Gasteiger partial charge in [0.05, 0.1) is 15.8 Å². The molecule has 0 saturated heterocycles. The van der Waals surface area contributed by atoms with E-state index in [0.29, 0.717) is 6.54 Å². The molecule has 110 valence electrons. The number of halogens is 1. The van der Waals surface area contributed by atoms with Crippen molar-refractivity contribution in [1.82, 2.24) is 9.72 Å². The summed E-state index contributed by atoms with van der Waals surface area (Å²) in [5, 5.41) is 5.45. The van der Waals surface area contributed by atoms with Crippen LogP contribution >= 0.6 is 22.9 Å². The number of aryl methyl sites for hydroxylation is 1. The van der Waals surface area contributed by atoms with E-state index in [1.807, 2.05) is 18.2 Å². The number of hydrogen-bond acceptors (Lipinski definition) is 3. The Labute approximate surface area is 136 Å². The van der Waals surface area contributed by atoms with Gasteiger partial charge in [-0.2, -0.15) is 0 Å². The van der Waals surface area contributed by atoms with Crippen molar-refractivity contribution >= 4 is 33.8 Å². The second-order valence-electron chi connectivity index (χ2n) is 5.24. The maximum atomic E-state index is 5.96. The van der Waals surface area contributed by atoms with Gasteiger partial charge in [-0.25, -0.2) is 0 Å². The summed E-state index contributed by atoms with van der Waals surface area (Å²) in [6.45, 7) is 2.82. The summed E-state index contributed by atoms with van der Waals surface area (Å²) < 4.78 is 8.37. The van der Waals surface area contributed by atoms with Crippen LogP contribution < -0.4 is 0 Å². The molecule has 0 aliphatic rings. The lowest BCUT2D eigenvalue weighted by atomic mass is 10.1. The molecule has 0 spiro atoms. The van der Waals surface area contributed by atoms with Crippen molar-refractivity contribution in [3.8, 4) is 10.6 Å². The highest BCUT2D eigenvalue weighted by Gasteiger charge is 2.11. The predicted octanol–water partition coefficient (Wildman–Crippen LogP) is 5.37. The van der Waals surface area contributed by atoms with E-state index in [4.69, 9.17) is 16.1 Å². The average molecular weight is 329 g/mol. The molecule has 5 heteroatoms. The van der Waals surface area contributed by atoms with Crippen molar-refractivity contribution in [2.75, 3.05) is 0 Å². The van der Waals surface area contributed by atoms with Crippen LogP contribution in [0.2, 0.25) is 4.34 Å². The average Bonchev–Trinajstić information content (AvgIpc) is 3.21. The number of benzene rings is 1. The Morgan fingerprint density at radius 3 is 2.95 bits per heavy atom. The first kappa shape index (κ1) is 13.6. The second kappa shape index (κ2) is 5.30. The summed E-state index contributed by atoms with van der Waals surface area (Å²) in [4.78, 5) is 0.997. The van der Waals surface area contributed by atoms with E-state index in [1.165, 1.54) is 27.8 Å². The van der Waals surface area contributed by atoms with E-state index in [1.54, 1.807) is 0 Å². The first-order chi connectivity index (χ1) is 10.7. The van der Waals surface area contributed by atoms with Gasteiger partial charge >= 0.3 is 0 Å². The summed E-state index contributed by atoms with van der Waals surface area (Å²) in [6.07, 6.45) is 2.09. The zero-order chi connectivity index (χ0) is 15.1. The molecular formula is C17H13ClN2OS. The van der Waals surface area contributed by atoms with Crippen LogP contribution in [0, 0.1) is 6.92 Å². The fourth-order valence-electron chi connectivity index (χ4n) is 2.64. The van der Waals surface area contributed by atoms with Gasteiger partial charge in [0.15, 0.2) is 5.76 Å². The van der Waals surface area contributed by atoms with Gasteiger partial charge in [-0.1, -0.05) is 28.9 Å². The summed E-state index contributed by atoms with van der Waals surface area (Å²) in [5.41, 5.74) is 3.40. The van der Waals surface area contributed by atoms with Crippen molar-refractivity contribution in [1.29, 1.82) is 0 Å². The van der Waals surface area contributed by atoms with Crippen molar-refractivity contribution in [3.63, 3.8) is 0 Å². The van der Waals surface area contributed by atoms with Crippen LogP contribution in [0.3, 0.4) is 0 Å². The SMILES string of the molecule is Cc1cccc2c1ccn2Cc1cc(-c2ccc(Cl)s2)on1. The van der Waals surface area contributed by atoms with Gasteiger partial charge in [0, 0.05) is 23.2 Å². The lowest BCUT2D eigenvalue weighted by molar-refractivity contribution is 0.422. The van der Waals surface area contributed by atoms with Gasteiger partial charge in [0.25, 0.3) is 0 Å². The zero-order valence-electron chi connectivity index (χ0n) is 11.9. The Morgan fingerprint density at radius 2 is 2.14 bits per heavy atom. The second-order valence-corrected chi connectivity index (χ2v) is 6.95. The van der Waals surface area contributed by atoms with Gasteiger partial charge in [-0.15, -0.1) is 11.3 Å². The highest BCUT2D eigenvalue weighted by Crippen LogP contribution is 2.31. The van der Waals surface area contributed by atoms with Crippen molar-refractivity contribution in [3.05, 3.63) is 64.3 Å². The Morgan fingerprint density at radius 1 is 1.23 bits per heavy atom. The molecule has 0 bridgehead atoms. The van der Waals surface area contributed by atoms with Crippen LogP contribution in [-0.4, -0.2) is 9.72 Å². The molecule has 0 unspecified atom stereocenters. The predicted molar refractivity (Wildman–Crippen MR) is 90.6 cm³/mol. The topological polar surface area (TPSA) is 31.0 Å². The smallest absolute Gasteiger partial charge is 0.177 e. The fraction of sp³-hybridized carbons (Fsp3) is 0.118. The molecule has 0 aliphatic carbocycles. The molecule has 0 atom stereocenters. The molecule has 0 amide bonds. The largest absolute Gasteiger partial charge is 0.355 e. The number of fused-ring (bicyclic) bond motifs is 1. The lowest BCUT2D eigenvalue weighted by Crippen LogP contribution is -1.97. The molecule has 0 N–H and O–H groups in total. The zero-order valence-corrected chi connectivity index (χ0v) is 13.5. The third-order valence-electron chi connectivity index (χ3n) is 3.74. The van der Waals surface area contributed by atoms with Gasteiger partial charge in [-0.3, -0.25) is 0 Å². The minimum Gasteiger partial charge on any atom is -0.355 e. The van der Waals surface area contributed by atoms with Gasteiger partial charge in [0.2, 0.25) is 0 Å². The molecule has 0 saturated carbocycles. The lowest BCUT2D eigenvalue weighted by Gasteiger charge is -2.03. The third-order valence-corrected chi connectivity index (χ3v) is 4.98. The normalized spacial score (nSPS) is 11.4. The highest BCUT2D eigenvalue weighted by atomic mass is 35.5. The summed E-state index contributed by atoms with van der Waals surface area (Å²) in [6, 6.07) is 14.3. The van der Waals surface area contributed by atoms with Crippen molar-refractivity contribution in [2.45, 2.75) is 13.5 Å². The fourth-order valence-corrected chi connectivity index (χ4v) is 3.63. The molecule has 3 aromatic heterocycles. The number of nitrogens with zero attached hydrogens (tertiary/aromatic N) is 2. The maximum absolute atomic E-state index is 5.96. The Balaban J connectivity index is 1.66. The monoisotopic (exact) mass is 328 g/mol. The molecule has 0 fully saturated rings. The Bertz CT molecular complexity index is 951. The van der Waals surface area contributed by atoms with Crippen LogP contribution in [0.5, 0.6) is 0 Å². The van der Waals surface area contributed by atoms with Crippen LogP contribution in [0.25, 0.3) is 21.5 Å². The molecule has 0 radical (unpaired) electrons. The highest BCUT2D eigenvalue weighted by molar-refractivity contribution is 7.19. The van der Waals surface area contributed by atoms with Gasteiger partial charge in [-0.05, 0) is 36.8 Å². The van der Waals surface area contributed by atoms with Crippen LogP contribution in [-0.2, 0) is 6.54 Å². The van der Waals surface area contributed by atoms with Gasteiger partial charge < -0.3 is 9.09 Å². The van der Waals surface area contributed by atoms with Crippen molar-refractivity contribution < 1.29 is 4.52 Å². The van der Waals surface area contributed by atoms with Crippen LogP contribution in [0.15, 0.2) is 53.2 Å². The minimum absolute atomic E-state index is 0.690. The first-order valence-electron chi connectivity index (χ1n) is 6.96. The standard InChI is InChI=1S/C17H13ClN2OS/c1-11-3-2-4-14-13(11)7-8-20(14)10-12-9-15(21-19-12)16-5-6-17(18)22-16/h2-9H,10H2,1H3. The van der Waals surface area contributed by atoms with E-state index < -0.39 is 0 Å². The maximum Gasteiger partial charge on any atom is 0.177 e. The summed E-state index contributed by atoms with van der Waals surface area (Å²) in [5.74, 6) is 0.763. The first-order valence-corrected chi connectivity index (χ1v) is 8.16. The molecular weight excluding hydrogens is 316 g/mol. The van der Waals surface area contributed by atoms with E-state index in [0.717, 1.165) is 20.7 Å².